The molecule has 0 saturated carbocycles. The van der Waals surface area contributed by atoms with Gasteiger partial charge in [-0.1, -0.05) is 12.1 Å². The highest BCUT2D eigenvalue weighted by atomic mass is 16.6. The van der Waals surface area contributed by atoms with Gasteiger partial charge < -0.3 is 4.90 Å². The minimum absolute atomic E-state index is 0.134. The molecule has 2 rings (SSSR count). The van der Waals surface area contributed by atoms with E-state index < -0.39 is 15.8 Å². The number of amides is 1. The monoisotopic (exact) mass is 301 g/mol. The molecule has 22 heavy (non-hydrogen) atoms. The van der Waals surface area contributed by atoms with Crippen LogP contribution in [0.1, 0.15) is 10.4 Å². The summed E-state index contributed by atoms with van der Waals surface area (Å²) in [7, 11) is 1.41. The van der Waals surface area contributed by atoms with Crippen LogP contribution in [0.2, 0.25) is 0 Å². The van der Waals surface area contributed by atoms with Gasteiger partial charge in [0.15, 0.2) is 0 Å². The predicted octanol–water partition coefficient (Wildman–Crippen LogP) is 2.78. The average Bonchev–Trinajstić information content (AvgIpc) is 2.53. The highest BCUT2D eigenvalue weighted by Crippen LogP contribution is 2.27. The van der Waals surface area contributed by atoms with Crippen LogP contribution in [0.15, 0.2) is 48.5 Å². The van der Waals surface area contributed by atoms with Gasteiger partial charge in [0, 0.05) is 30.8 Å². The van der Waals surface area contributed by atoms with Gasteiger partial charge >= 0.3 is 0 Å². The van der Waals surface area contributed by atoms with Crippen molar-refractivity contribution in [1.29, 1.82) is 0 Å². The maximum absolute atomic E-state index is 12.3. The Balaban J connectivity index is 2.33. The molecule has 0 spiro atoms. The average molecular weight is 301 g/mol. The van der Waals surface area contributed by atoms with Crippen molar-refractivity contribution in [2.24, 2.45) is 0 Å². The van der Waals surface area contributed by atoms with Crippen molar-refractivity contribution in [3.05, 3.63) is 74.3 Å². The van der Waals surface area contributed by atoms with Crippen LogP contribution in [0.4, 0.5) is 17.1 Å². The summed E-state index contributed by atoms with van der Waals surface area (Å²) in [6, 6.07) is 10.9. The SMILES string of the molecule is CN(C(=O)c1ccc([N+](=O)[O-])cc1)c1ccccc1[N+](=O)[O-]. The zero-order valence-electron chi connectivity index (χ0n) is 11.5. The summed E-state index contributed by atoms with van der Waals surface area (Å²) < 4.78 is 0. The maximum atomic E-state index is 12.3. The quantitative estimate of drug-likeness (QED) is 0.637. The normalized spacial score (nSPS) is 10.0. The van der Waals surface area contributed by atoms with E-state index in [1.165, 1.54) is 49.5 Å². The van der Waals surface area contributed by atoms with Crippen molar-refractivity contribution in [3.63, 3.8) is 0 Å². The minimum Gasteiger partial charge on any atom is -0.305 e. The van der Waals surface area contributed by atoms with E-state index in [0.29, 0.717) is 0 Å². The van der Waals surface area contributed by atoms with E-state index in [4.69, 9.17) is 0 Å². The first-order valence-electron chi connectivity index (χ1n) is 6.17. The van der Waals surface area contributed by atoms with Crippen LogP contribution in [0.5, 0.6) is 0 Å². The molecule has 8 heteroatoms. The smallest absolute Gasteiger partial charge is 0.292 e. The van der Waals surface area contributed by atoms with Gasteiger partial charge in [-0.05, 0) is 18.2 Å². The van der Waals surface area contributed by atoms with E-state index in [-0.39, 0.29) is 22.6 Å². The lowest BCUT2D eigenvalue weighted by Crippen LogP contribution is -2.26. The molecule has 0 aliphatic heterocycles. The molecule has 0 saturated heterocycles. The fourth-order valence-electron chi connectivity index (χ4n) is 1.93. The third-order valence-electron chi connectivity index (χ3n) is 3.07. The van der Waals surface area contributed by atoms with Gasteiger partial charge in [-0.15, -0.1) is 0 Å². The number of hydrogen-bond donors (Lipinski definition) is 0. The largest absolute Gasteiger partial charge is 0.305 e. The molecular formula is C14H11N3O5. The van der Waals surface area contributed by atoms with Crippen LogP contribution in [-0.2, 0) is 0 Å². The van der Waals surface area contributed by atoms with Crippen LogP contribution in [0.3, 0.4) is 0 Å². The number of para-hydroxylation sites is 2. The molecular weight excluding hydrogens is 290 g/mol. The highest BCUT2D eigenvalue weighted by molar-refractivity contribution is 6.06. The van der Waals surface area contributed by atoms with Gasteiger partial charge in [-0.25, -0.2) is 0 Å². The maximum Gasteiger partial charge on any atom is 0.292 e. The van der Waals surface area contributed by atoms with Gasteiger partial charge in [0.05, 0.1) is 9.85 Å². The van der Waals surface area contributed by atoms with Crippen molar-refractivity contribution in [2.45, 2.75) is 0 Å². The van der Waals surface area contributed by atoms with Crippen LogP contribution < -0.4 is 4.90 Å². The lowest BCUT2D eigenvalue weighted by Gasteiger charge is -2.17. The summed E-state index contributed by atoms with van der Waals surface area (Å²) in [5.41, 5.74) is 0.0206. The third-order valence-corrected chi connectivity index (χ3v) is 3.07. The number of hydrogen-bond acceptors (Lipinski definition) is 5. The van der Waals surface area contributed by atoms with Gasteiger partial charge in [-0.3, -0.25) is 25.0 Å². The first kappa shape index (κ1) is 15.1. The third kappa shape index (κ3) is 2.90. The van der Waals surface area contributed by atoms with E-state index in [0.717, 1.165) is 4.90 Å². The van der Waals surface area contributed by atoms with Crippen LogP contribution in [0.25, 0.3) is 0 Å². The minimum atomic E-state index is -0.574. The number of rotatable bonds is 4. The standard InChI is InChI=1S/C14H11N3O5/c1-15(12-4-2-3-5-13(12)17(21)22)14(18)10-6-8-11(9-7-10)16(19)20/h2-9H,1H3. The molecule has 1 amide bonds. The van der Waals surface area contributed by atoms with E-state index in [9.17, 15) is 25.0 Å². The van der Waals surface area contributed by atoms with E-state index in [1.807, 2.05) is 0 Å². The number of carbonyl (C=O) groups is 1. The molecule has 8 nitrogen and oxygen atoms in total. The zero-order chi connectivity index (χ0) is 16.3. The summed E-state index contributed by atoms with van der Waals surface area (Å²) in [4.78, 5) is 33.9. The zero-order valence-corrected chi connectivity index (χ0v) is 11.5. The van der Waals surface area contributed by atoms with Crippen molar-refractivity contribution >= 4 is 23.0 Å². The molecule has 0 unspecified atom stereocenters. The molecule has 0 aromatic heterocycles. The fraction of sp³-hybridized carbons (Fsp3) is 0.0714. The van der Waals surface area contributed by atoms with Crippen LogP contribution in [0, 0.1) is 20.2 Å². The summed E-state index contributed by atoms with van der Waals surface area (Å²) in [6.45, 7) is 0. The second-order valence-electron chi connectivity index (χ2n) is 4.41. The lowest BCUT2D eigenvalue weighted by molar-refractivity contribution is -0.384. The molecule has 0 radical (unpaired) electrons. The molecule has 0 heterocycles. The molecule has 112 valence electrons. The Morgan fingerprint density at radius 1 is 0.955 bits per heavy atom. The van der Waals surface area contributed by atoms with E-state index in [1.54, 1.807) is 6.07 Å². The number of anilines is 1. The van der Waals surface area contributed by atoms with Gasteiger partial charge in [0.2, 0.25) is 0 Å². The van der Waals surface area contributed by atoms with Crippen molar-refractivity contribution < 1.29 is 14.6 Å². The Labute approximate surface area is 124 Å². The second-order valence-corrected chi connectivity index (χ2v) is 4.41. The first-order chi connectivity index (χ1) is 10.4. The molecule has 0 aliphatic rings. The van der Waals surface area contributed by atoms with Crippen molar-refractivity contribution in [3.8, 4) is 0 Å². The lowest BCUT2D eigenvalue weighted by atomic mass is 10.1. The Morgan fingerprint density at radius 3 is 2.09 bits per heavy atom. The molecule has 0 aliphatic carbocycles. The van der Waals surface area contributed by atoms with Gasteiger partial charge in [0.25, 0.3) is 17.3 Å². The Hall–Kier alpha value is -3.29. The summed E-state index contributed by atoms with van der Waals surface area (Å²) in [5.74, 6) is -0.496. The highest BCUT2D eigenvalue weighted by Gasteiger charge is 2.22. The molecule has 0 N–H and O–H groups in total. The fourth-order valence-corrected chi connectivity index (χ4v) is 1.93. The summed E-state index contributed by atoms with van der Waals surface area (Å²) >= 11 is 0. The van der Waals surface area contributed by atoms with Crippen LogP contribution >= 0.6 is 0 Å². The number of carbonyl (C=O) groups excluding carboxylic acids is 1. The summed E-state index contributed by atoms with van der Waals surface area (Å²) in [6.07, 6.45) is 0. The molecule has 0 bridgehead atoms. The molecule has 0 fully saturated rings. The summed E-state index contributed by atoms with van der Waals surface area (Å²) in [5, 5.41) is 21.6. The van der Waals surface area contributed by atoms with Crippen LogP contribution in [-0.4, -0.2) is 22.8 Å². The number of nitro groups is 2. The van der Waals surface area contributed by atoms with Gasteiger partial charge in [0.1, 0.15) is 5.69 Å². The Kier molecular flexibility index (Phi) is 4.12. The van der Waals surface area contributed by atoms with E-state index >= 15 is 0 Å². The van der Waals surface area contributed by atoms with Gasteiger partial charge in [-0.2, -0.15) is 0 Å². The predicted molar refractivity (Wildman–Crippen MR) is 78.9 cm³/mol. The molecule has 2 aromatic rings. The topological polar surface area (TPSA) is 107 Å². The molecule has 2 aromatic carbocycles. The number of benzene rings is 2. The number of nitrogens with zero attached hydrogens (tertiary/aromatic N) is 3. The van der Waals surface area contributed by atoms with E-state index in [2.05, 4.69) is 0 Å². The number of nitro benzene ring substituents is 2. The van der Waals surface area contributed by atoms with Crippen molar-refractivity contribution in [1.82, 2.24) is 0 Å². The number of non-ortho nitro benzene ring substituents is 1. The van der Waals surface area contributed by atoms with Crippen molar-refractivity contribution in [2.75, 3.05) is 11.9 Å². The first-order valence-corrected chi connectivity index (χ1v) is 6.17. The Bertz CT molecular complexity index is 742. The Morgan fingerprint density at radius 2 is 1.55 bits per heavy atom. The second kappa shape index (κ2) is 6.00. The molecule has 0 atom stereocenters.